The molecule has 43 heavy (non-hydrogen) atoms. The van der Waals surface area contributed by atoms with Gasteiger partial charge in [0.15, 0.2) is 5.78 Å². The highest BCUT2D eigenvalue weighted by Gasteiger charge is 2.36. The van der Waals surface area contributed by atoms with Gasteiger partial charge in [0.25, 0.3) is 0 Å². The molecule has 5 aromatic rings. The standard InChI is InChI=1S/C36H30O7/c37-28-12-6-4-10-23(28)16-21-14-15-30(39)25(17-21)19-26-34(41)27(18-24-11-5-7-13-29(24)38)36-33(35(26)42)31(40)20-32(43-36)22-8-2-1-3-9-22/h1-15,17,32,37-39,41-42H,16,18-20H2/t32-/m0/s1. The summed E-state index contributed by atoms with van der Waals surface area (Å²) in [6.45, 7) is 0. The Morgan fingerprint density at radius 2 is 1.19 bits per heavy atom. The van der Waals surface area contributed by atoms with Gasteiger partial charge in [-0.15, -0.1) is 0 Å². The van der Waals surface area contributed by atoms with Gasteiger partial charge in [-0.25, -0.2) is 0 Å². The minimum absolute atomic E-state index is 0.00782. The number of hydrogen-bond acceptors (Lipinski definition) is 7. The molecule has 0 bridgehead atoms. The number of Topliss-reactive ketones (excluding diaryl/α,β-unsaturated/α-hetero) is 1. The molecule has 0 saturated heterocycles. The second kappa shape index (κ2) is 11.4. The van der Waals surface area contributed by atoms with Gasteiger partial charge in [0.1, 0.15) is 46.2 Å². The molecule has 0 unspecified atom stereocenters. The fraction of sp³-hybridized carbons (Fsp3) is 0.139. The number of carbonyl (C=O) groups is 1. The maximum Gasteiger partial charge on any atom is 0.174 e. The van der Waals surface area contributed by atoms with E-state index in [1.165, 1.54) is 12.1 Å². The molecule has 7 nitrogen and oxygen atoms in total. The van der Waals surface area contributed by atoms with Gasteiger partial charge in [0, 0.05) is 30.4 Å². The van der Waals surface area contributed by atoms with Crippen molar-refractivity contribution in [2.75, 3.05) is 0 Å². The Labute approximate surface area is 248 Å². The molecule has 1 atom stereocenters. The molecule has 0 aliphatic carbocycles. The van der Waals surface area contributed by atoms with Crippen LogP contribution in [-0.4, -0.2) is 31.3 Å². The van der Waals surface area contributed by atoms with Crippen molar-refractivity contribution < 1.29 is 35.1 Å². The van der Waals surface area contributed by atoms with Crippen LogP contribution in [0.15, 0.2) is 97.1 Å². The van der Waals surface area contributed by atoms with Crippen LogP contribution in [0, 0.1) is 0 Å². The van der Waals surface area contributed by atoms with E-state index in [1.54, 1.807) is 42.5 Å². The molecule has 0 spiro atoms. The van der Waals surface area contributed by atoms with Crippen molar-refractivity contribution in [3.05, 3.63) is 142 Å². The highest BCUT2D eigenvalue weighted by atomic mass is 16.5. The van der Waals surface area contributed by atoms with E-state index in [0.29, 0.717) is 23.1 Å². The third kappa shape index (κ3) is 5.45. The number of carbonyl (C=O) groups excluding carboxylic acids is 1. The van der Waals surface area contributed by atoms with E-state index >= 15 is 0 Å². The summed E-state index contributed by atoms with van der Waals surface area (Å²) >= 11 is 0. The van der Waals surface area contributed by atoms with Crippen LogP contribution in [0.3, 0.4) is 0 Å². The van der Waals surface area contributed by atoms with E-state index < -0.39 is 11.9 Å². The first kappa shape index (κ1) is 27.7. The van der Waals surface area contributed by atoms with E-state index in [-0.39, 0.29) is 70.5 Å². The number of hydrogen-bond donors (Lipinski definition) is 5. The molecule has 1 aliphatic heterocycles. The van der Waals surface area contributed by atoms with Gasteiger partial charge < -0.3 is 30.3 Å². The summed E-state index contributed by atoms with van der Waals surface area (Å²) in [5.41, 5.74) is 3.49. The van der Waals surface area contributed by atoms with Crippen LogP contribution >= 0.6 is 0 Å². The molecule has 0 radical (unpaired) electrons. The van der Waals surface area contributed by atoms with Crippen LogP contribution in [-0.2, 0) is 19.3 Å². The van der Waals surface area contributed by atoms with Crippen LogP contribution in [0.5, 0.6) is 34.5 Å². The lowest BCUT2D eigenvalue weighted by molar-refractivity contribution is 0.0842. The van der Waals surface area contributed by atoms with Crippen molar-refractivity contribution in [1.29, 1.82) is 0 Å². The fourth-order valence-corrected chi connectivity index (χ4v) is 5.65. The summed E-state index contributed by atoms with van der Waals surface area (Å²) < 4.78 is 6.32. The van der Waals surface area contributed by atoms with Crippen molar-refractivity contribution in [3.8, 4) is 34.5 Å². The van der Waals surface area contributed by atoms with Crippen molar-refractivity contribution in [3.63, 3.8) is 0 Å². The summed E-state index contributed by atoms with van der Waals surface area (Å²) in [5, 5.41) is 54.6. The minimum atomic E-state index is -0.621. The molecular weight excluding hydrogens is 544 g/mol. The Bertz CT molecular complexity index is 1830. The second-order valence-electron chi connectivity index (χ2n) is 10.8. The zero-order chi connectivity index (χ0) is 30.1. The molecule has 1 aliphatic rings. The quantitative estimate of drug-likeness (QED) is 0.146. The monoisotopic (exact) mass is 574 g/mol. The van der Waals surface area contributed by atoms with Crippen LogP contribution < -0.4 is 4.74 Å². The summed E-state index contributed by atoms with van der Waals surface area (Å²) in [5.74, 6) is -0.840. The van der Waals surface area contributed by atoms with Gasteiger partial charge in [-0.2, -0.15) is 0 Å². The molecule has 1 heterocycles. The Hall–Kier alpha value is -5.43. The van der Waals surface area contributed by atoms with E-state index in [4.69, 9.17) is 4.74 Å². The highest BCUT2D eigenvalue weighted by Crippen LogP contribution is 2.50. The Kier molecular flexibility index (Phi) is 7.38. The van der Waals surface area contributed by atoms with Gasteiger partial charge in [0.2, 0.25) is 0 Å². The Balaban J connectivity index is 1.45. The predicted molar refractivity (Wildman–Crippen MR) is 161 cm³/mol. The maximum absolute atomic E-state index is 13.6. The van der Waals surface area contributed by atoms with Crippen molar-refractivity contribution in [2.24, 2.45) is 0 Å². The third-order valence-electron chi connectivity index (χ3n) is 7.93. The molecular formula is C36H30O7. The van der Waals surface area contributed by atoms with Crippen molar-refractivity contribution in [1.82, 2.24) is 0 Å². The average molecular weight is 575 g/mol. The van der Waals surface area contributed by atoms with E-state index in [1.807, 2.05) is 42.5 Å². The van der Waals surface area contributed by atoms with Gasteiger partial charge in [-0.05, 0) is 46.0 Å². The lowest BCUT2D eigenvalue weighted by Gasteiger charge is -2.30. The first-order valence-corrected chi connectivity index (χ1v) is 14.0. The molecule has 5 N–H and O–H groups in total. The lowest BCUT2D eigenvalue weighted by Crippen LogP contribution is -2.22. The largest absolute Gasteiger partial charge is 0.508 e. The molecule has 6 rings (SSSR count). The minimum Gasteiger partial charge on any atom is -0.508 e. The van der Waals surface area contributed by atoms with Gasteiger partial charge >= 0.3 is 0 Å². The first-order valence-electron chi connectivity index (χ1n) is 14.0. The average Bonchev–Trinajstić information content (AvgIpc) is 3.01. The van der Waals surface area contributed by atoms with Gasteiger partial charge in [0.05, 0.1) is 6.42 Å². The van der Waals surface area contributed by atoms with Gasteiger partial charge in [-0.1, -0.05) is 78.9 Å². The van der Waals surface area contributed by atoms with Crippen molar-refractivity contribution in [2.45, 2.75) is 31.8 Å². The van der Waals surface area contributed by atoms with E-state index in [0.717, 1.165) is 11.1 Å². The smallest absolute Gasteiger partial charge is 0.174 e. The Morgan fingerprint density at radius 1 is 0.605 bits per heavy atom. The SMILES string of the molecule is O=C1C[C@@H](c2ccccc2)Oc2c(Cc3ccccc3O)c(O)c(Cc3cc(Cc4ccccc4O)ccc3O)c(O)c21. The number of rotatable bonds is 7. The lowest BCUT2D eigenvalue weighted by atomic mass is 9.87. The number of phenolic OH excluding ortho intramolecular Hbond substituents is 5. The second-order valence-corrected chi connectivity index (χ2v) is 10.8. The predicted octanol–water partition coefficient (Wildman–Crippen LogP) is 6.69. The molecule has 5 aromatic carbocycles. The maximum atomic E-state index is 13.6. The number of para-hydroxylation sites is 2. The van der Waals surface area contributed by atoms with Gasteiger partial charge in [-0.3, -0.25) is 4.79 Å². The normalized spacial score (nSPS) is 14.2. The summed E-state index contributed by atoms with van der Waals surface area (Å²) in [4.78, 5) is 13.6. The number of fused-ring (bicyclic) bond motifs is 1. The molecule has 0 fully saturated rings. The Morgan fingerprint density at radius 3 is 1.86 bits per heavy atom. The van der Waals surface area contributed by atoms with Crippen molar-refractivity contribution >= 4 is 5.78 Å². The third-order valence-corrected chi connectivity index (χ3v) is 7.93. The molecule has 216 valence electrons. The van der Waals surface area contributed by atoms with Crippen LogP contribution in [0.4, 0.5) is 0 Å². The van der Waals surface area contributed by atoms with Crippen LogP contribution in [0.1, 0.15) is 61.8 Å². The van der Waals surface area contributed by atoms with Crippen LogP contribution in [0.25, 0.3) is 0 Å². The van der Waals surface area contributed by atoms with E-state index in [2.05, 4.69) is 0 Å². The zero-order valence-electron chi connectivity index (χ0n) is 23.2. The molecule has 0 saturated carbocycles. The molecule has 7 heteroatoms. The topological polar surface area (TPSA) is 127 Å². The number of benzene rings is 5. The summed E-state index contributed by atoms with van der Waals surface area (Å²) in [6, 6.07) is 27.9. The number of ether oxygens (including phenoxy) is 1. The van der Waals surface area contributed by atoms with Crippen LogP contribution in [0.2, 0.25) is 0 Å². The fourth-order valence-electron chi connectivity index (χ4n) is 5.65. The number of aromatic hydroxyl groups is 5. The van der Waals surface area contributed by atoms with E-state index in [9.17, 15) is 30.3 Å². The number of phenols is 5. The highest BCUT2D eigenvalue weighted by molar-refractivity contribution is 6.04. The molecule has 0 amide bonds. The zero-order valence-corrected chi connectivity index (χ0v) is 23.2. The first-order chi connectivity index (χ1) is 20.8. The summed E-state index contributed by atoms with van der Waals surface area (Å²) in [6.07, 6.45) is -0.291. The molecule has 0 aromatic heterocycles. The number of ketones is 1. The summed E-state index contributed by atoms with van der Waals surface area (Å²) in [7, 11) is 0.